The molecule has 1 unspecified atom stereocenters. The molecule has 2 aromatic carbocycles. The number of halogens is 1. The van der Waals surface area contributed by atoms with Crippen molar-refractivity contribution in [3.63, 3.8) is 0 Å². The zero-order chi connectivity index (χ0) is 15.7. The summed E-state index contributed by atoms with van der Waals surface area (Å²) < 4.78 is 15.5. The smallest absolute Gasteiger partial charge is 0.126 e. The van der Waals surface area contributed by atoms with Gasteiger partial charge in [0.25, 0.3) is 0 Å². The van der Waals surface area contributed by atoms with Crippen LogP contribution in [0.5, 0.6) is 0 Å². The van der Waals surface area contributed by atoms with Crippen LogP contribution in [-0.4, -0.2) is 9.55 Å². The Bertz CT molecular complexity index is 805. The quantitative estimate of drug-likeness (QED) is 0.796. The molecule has 114 valence electrons. The molecule has 0 aliphatic rings. The second kappa shape index (κ2) is 5.89. The zero-order valence-corrected chi connectivity index (χ0v) is 12.9. The lowest BCUT2D eigenvalue weighted by molar-refractivity contribution is 0.620. The van der Waals surface area contributed by atoms with E-state index in [1.165, 1.54) is 11.6 Å². The summed E-state index contributed by atoms with van der Waals surface area (Å²) in [5, 5.41) is 0. The molecule has 22 heavy (non-hydrogen) atoms. The van der Waals surface area contributed by atoms with Gasteiger partial charge in [-0.3, -0.25) is 0 Å². The third kappa shape index (κ3) is 2.74. The molecule has 0 bridgehead atoms. The number of fused-ring (bicyclic) bond motifs is 1. The molecule has 0 fully saturated rings. The summed E-state index contributed by atoms with van der Waals surface area (Å²) in [5.41, 5.74) is 10.2. The van der Waals surface area contributed by atoms with E-state index < -0.39 is 0 Å². The number of hydrogen-bond donors (Lipinski definition) is 1. The number of imidazole rings is 1. The van der Waals surface area contributed by atoms with Crippen LogP contribution in [0, 0.1) is 5.82 Å². The fourth-order valence-electron chi connectivity index (χ4n) is 2.75. The molecule has 3 nitrogen and oxygen atoms in total. The van der Waals surface area contributed by atoms with E-state index in [0.29, 0.717) is 6.54 Å². The molecule has 0 aliphatic heterocycles. The minimum Gasteiger partial charge on any atom is -0.322 e. The van der Waals surface area contributed by atoms with Crippen LogP contribution in [0.15, 0.2) is 42.5 Å². The van der Waals surface area contributed by atoms with Crippen molar-refractivity contribution in [2.45, 2.75) is 32.9 Å². The van der Waals surface area contributed by atoms with Crippen LogP contribution in [-0.2, 0) is 13.0 Å². The molecule has 1 aromatic heterocycles. The van der Waals surface area contributed by atoms with Gasteiger partial charge in [0.1, 0.15) is 11.6 Å². The maximum absolute atomic E-state index is 13.4. The monoisotopic (exact) mass is 297 g/mol. The Morgan fingerprint density at radius 3 is 2.68 bits per heavy atom. The van der Waals surface area contributed by atoms with Crippen LogP contribution >= 0.6 is 0 Å². The Hall–Kier alpha value is -2.20. The van der Waals surface area contributed by atoms with Gasteiger partial charge in [0.05, 0.1) is 17.1 Å². The maximum Gasteiger partial charge on any atom is 0.126 e. The topological polar surface area (TPSA) is 43.8 Å². The summed E-state index contributed by atoms with van der Waals surface area (Å²) in [6, 6.07) is 12.8. The van der Waals surface area contributed by atoms with E-state index in [4.69, 9.17) is 5.73 Å². The number of nitrogens with zero attached hydrogens (tertiary/aromatic N) is 2. The minimum absolute atomic E-state index is 0.175. The molecule has 4 heteroatoms. The molecule has 0 aliphatic carbocycles. The van der Waals surface area contributed by atoms with Gasteiger partial charge in [-0.05, 0) is 48.7 Å². The summed E-state index contributed by atoms with van der Waals surface area (Å²) in [5.74, 6) is 0.602. The summed E-state index contributed by atoms with van der Waals surface area (Å²) in [7, 11) is 0. The Labute approximate surface area is 129 Å². The summed E-state index contributed by atoms with van der Waals surface area (Å²) in [4.78, 5) is 4.68. The van der Waals surface area contributed by atoms with Gasteiger partial charge >= 0.3 is 0 Å². The molecule has 2 N–H and O–H groups in total. The minimum atomic E-state index is -0.225. The van der Waals surface area contributed by atoms with Crippen LogP contribution in [0.25, 0.3) is 11.0 Å². The Kier molecular flexibility index (Phi) is 3.94. The van der Waals surface area contributed by atoms with Gasteiger partial charge in [-0.25, -0.2) is 9.37 Å². The van der Waals surface area contributed by atoms with E-state index in [0.717, 1.165) is 28.8 Å². The largest absolute Gasteiger partial charge is 0.322 e. The third-order valence-electron chi connectivity index (χ3n) is 3.89. The molecular formula is C18H20FN3. The van der Waals surface area contributed by atoms with E-state index in [1.54, 1.807) is 12.1 Å². The van der Waals surface area contributed by atoms with Crippen LogP contribution in [0.1, 0.15) is 36.8 Å². The van der Waals surface area contributed by atoms with Gasteiger partial charge in [0, 0.05) is 6.54 Å². The molecule has 0 amide bonds. The van der Waals surface area contributed by atoms with Crippen LogP contribution < -0.4 is 5.73 Å². The normalized spacial score (nSPS) is 12.7. The van der Waals surface area contributed by atoms with Crippen molar-refractivity contribution in [3.8, 4) is 0 Å². The molecule has 0 spiro atoms. The van der Waals surface area contributed by atoms with Crippen LogP contribution in [0.2, 0.25) is 0 Å². The van der Waals surface area contributed by atoms with E-state index >= 15 is 0 Å². The van der Waals surface area contributed by atoms with Gasteiger partial charge < -0.3 is 10.3 Å². The van der Waals surface area contributed by atoms with E-state index in [-0.39, 0.29) is 11.9 Å². The number of hydrogen-bond acceptors (Lipinski definition) is 2. The van der Waals surface area contributed by atoms with Gasteiger partial charge in [-0.2, -0.15) is 0 Å². The van der Waals surface area contributed by atoms with Crippen molar-refractivity contribution in [2.75, 3.05) is 0 Å². The molecule has 0 radical (unpaired) electrons. The van der Waals surface area contributed by atoms with Crippen molar-refractivity contribution in [3.05, 3.63) is 65.2 Å². The predicted octanol–water partition coefficient (Wildman–Crippen LogP) is 3.81. The van der Waals surface area contributed by atoms with E-state index in [2.05, 4.69) is 34.7 Å². The van der Waals surface area contributed by atoms with Gasteiger partial charge in [-0.1, -0.05) is 25.1 Å². The fourth-order valence-corrected chi connectivity index (χ4v) is 2.75. The number of benzene rings is 2. The van der Waals surface area contributed by atoms with Crippen LogP contribution in [0.4, 0.5) is 4.39 Å². The first-order valence-electron chi connectivity index (χ1n) is 7.57. The molecule has 0 saturated heterocycles. The zero-order valence-electron chi connectivity index (χ0n) is 12.9. The van der Waals surface area contributed by atoms with Gasteiger partial charge in [-0.15, -0.1) is 0 Å². The van der Waals surface area contributed by atoms with Crippen LogP contribution in [0.3, 0.4) is 0 Å². The molecule has 3 rings (SSSR count). The first-order valence-corrected chi connectivity index (χ1v) is 7.57. The van der Waals surface area contributed by atoms with Crippen molar-refractivity contribution in [1.82, 2.24) is 9.55 Å². The summed E-state index contributed by atoms with van der Waals surface area (Å²) in [6.45, 7) is 4.61. The lowest BCUT2D eigenvalue weighted by atomic mass is 10.1. The lowest BCUT2D eigenvalue weighted by Crippen LogP contribution is -2.14. The highest BCUT2D eigenvalue weighted by atomic mass is 19.1. The van der Waals surface area contributed by atoms with E-state index in [1.807, 2.05) is 13.0 Å². The SMILES string of the molecule is CCc1ccc2c(c1)nc(C(C)N)n2Cc1cccc(F)c1. The first kappa shape index (κ1) is 14.7. The third-order valence-corrected chi connectivity index (χ3v) is 3.89. The van der Waals surface area contributed by atoms with Crippen molar-refractivity contribution in [2.24, 2.45) is 5.73 Å². The number of aromatic nitrogens is 2. The Balaban J connectivity index is 2.11. The summed E-state index contributed by atoms with van der Waals surface area (Å²) >= 11 is 0. The van der Waals surface area contributed by atoms with Crippen molar-refractivity contribution < 1.29 is 4.39 Å². The average Bonchev–Trinajstić information content (AvgIpc) is 2.85. The highest BCUT2D eigenvalue weighted by Gasteiger charge is 2.14. The Morgan fingerprint density at radius 2 is 2.00 bits per heavy atom. The highest BCUT2D eigenvalue weighted by molar-refractivity contribution is 5.77. The van der Waals surface area contributed by atoms with Crippen molar-refractivity contribution >= 4 is 11.0 Å². The second-order valence-electron chi connectivity index (χ2n) is 5.65. The molecular weight excluding hydrogens is 277 g/mol. The lowest BCUT2D eigenvalue weighted by Gasteiger charge is -2.12. The van der Waals surface area contributed by atoms with Gasteiger partial charge in [0.2, 0.25) is 0 Å². The molecule has 0 saturated carbocycles. The number of nitrogens with two attached hydrogens (primary N) is 1. The molecule has 3 aromatic rings. The standard InChI is InChI=1S/C18H20FN3/c1-3-13-7-8-17-16(10-13)21-18(12(2)20)22(17)11-14-5-4-6-15(19)9-14/h4-10,12H,3,11,20H2,1-2H3. The number of aryl methyl sites for hydroxylation is 1. The average molecular weight is 297 g/mol. The predicted molar refractivity (Wildman–Crippen MR) is 87.2 cm³/mol. The highest BCUT2D eigenvalue weighted by Crippen LogP contribution is 2.23. The first-order chi connectivity index (χ1) is 10.6. The van der Waals surface area contributed by atoms with Gasteiger partial charge in [0.15, 0.2) is 0 Å². The number of rotatable bonds is 4. The van der Waals surface area contributed by atoms with Crippen molar-refractivity contribution in [1.29, 1.82) is 0 Å². The molecule has 1 heterocycles. The molecule has 1 atom stereocenters. The summed E-state index contributed by atoms with van der Waals surface area (Å²) in [6.07, 6.45) is 0.972. The maximum atomic E-state index is 13.4. The second-order valence-corrected chi connectivity index (χ2v) is 5.65. The fraction of sp³-hybridized carbons (Fsp3) is 0.278. The Morgan fingerprint density at radius 1 is 1.18 bits per heavy atom. The van der Waals surface area contributed by atoms with E-state index in [9.17, 15) is 4.39 Å².